The lowest BCUT2D eigenvalue weighted by atomic mass is 9.99. The first kappa shape index (κ1) is 29.3. The average molecular weight is 579 g/mol. The van der Waals surface area contributed by atoms with Crippen molar-refractivity contribution < 1.29 is 64.2 Å². The molecule has 1 aromatic heterocycles. The summed E-state index contributed by atoms with van der Waals surface area (Å²) in [4.78, 5) is 13.2. The fourth-order valence-corrected chi connectivity index (χ4v) is 4.69. The summed E-state index contributed by atoms with van der Waals surface area (Å²) in [6, 6.07) is 10.4. The van der Waals surface area contributed by atoms with Gasteiger partial charge in [0.1, 0.15) is 72.2 Å². The molecule has 0 bridgehead atoms. The molecule has 0 saturated carbocycles. The molecule has 8 N–H and O–H groups in total. The molecule has 41 heavy (non-hydrogen) atoms. The van der Waals surface area contributed by atoms with E-state index in [-0.39, 0.29) is 33.5 Å². The van der Waals surface area contributed by atoms with Crippen LogP contribution in [0.15, 0.2) is 57.9 Å². The van der Waals surface area contributed by atoms with Gasteiger partial charge in [-0.05, 0) is 29.8 Å². The number of benzene rings is 2. The van der Waals surface area contributed by atoms with Crippen LogP contribution in [0.25, 0.3) is 22.1 Å². The summed E-state index contributed by atoms with van der Waals surface area (Å²) in [6.07, 6.45) is -13.2. The molecule has 0 aliphatic carbocycles. The highest BCUT2D eigenvalue weighted by Gasteiger charge is 2.45. The third kappa shape index (κ3) is 5.67. The van der Waals surface area contributed by atoms with E-state index in [1.54, 1.807) is 12.1 Å². The Morgan fingerprint density at radius 2 is 1.17 bits per heavy atom. The first-order chi connectivity index (χ1) is 19.6. The summed E-state index contributed by atoms with van der Waals surface area (Å²) in [5.74, 6) is 0.352. The van der Waals surface area contributed by atoms with Crippen LogP contribution < -0.4 is 14.9 Å². The van der Waals surface area contributed by atoms with Crippen molar-refractivity contribution in [3.05, 3.63) is 59.0 Å². The number of fused-ring (bicyclic) bond motifs is 1. The number of rotatable bonds is 7. The monoisotopic (exact) mass is 578 g/mol. The van der Waals surface area contributed by atoms with Crippen molar-refractivity contribution in [2.24, 2.45) is 0 Å². The molecular formula is C27H30O14. The summed E-state index contributed by atoms with van der Waals surface area (Å²) in [5.41, 5.74) is 0.486. The number of aliphatic hydroxyl groups is 8. The lowest BCUT2D eigenvalue weighted by molar-refractivity contribution is -0.277. The Hall–Kier alpha value is -3.15. The molecule has 0 amide bonds. The van der Waals surface area contributed by atoms with Gasteiger partial charge in [0.25, 0.3) is 0 Å². The zero-order chi connectivity index (χ0) is 29.4. The van der Waals surface area contributed by atoms with Crippen LogP contribution in [0.1, 0.15) is 0 Å². The van der Waals surface area contributed by atoms with E-state index in [1.165, 1.54) is 36.6 Å². The average Bonchev–Trinajstić information content (AvgIpc) is 2.98. The fraction of sp³-hybridized carbons (Fsp3) is 0.444. The summed E-state index contributed by atoms with van der Waals surface area (Å²) < 4.78 is 27.5. The van der Waals surface area contributed by atoms with Crippen LogP contribution in [-0.4, -0.2) is 115 Å². The molecule has 3 aromatic rings. The smallest absolute Gasteiger partial charge is 0.229 e. The van der Waals surface area contributed by atoms with E-state index in [0.717, 1.165) is 0 Å². The predicted molar refractivity (Wildman–Crippen MR) is 137 cm³/mol. The Bertz CT molecular complexity index is 1390. The van der Waals surface area contributed by atoms with Crippen LogP contribution in [0.5, 0.6) is 11.5 Å². The standard InChI is InChI=1S/C27H30O14/c28-8-17-20(31)22(33)24(35)26(40-17)38-12-3-1-11(2-4-12)15-10-37-16-7-13(5-6-14(16)19(15)30)39-27-25(36)23(34)21(32)18(9-29)41-27/h1-7,10,17-18,20-29,31-36H,8-9H2/t17-,18+,20-,21+,22-,23-,24-,25+,26-,27+/m0/s1. The van der Waals surface area contributed by atoms with Crippen LogP contribution in [0.2, 0.25) is 0 Å². The van der Waals surface area contributed by atoms with Crippen molar-refractivity contribution in [2.75, 3.05) is 13.2 Å². The first-order valence-electron chi connectivity index (χ1n) is 12.7. The SMILES string of the molecule is O=c1c(-c2ccc(O[C@H]3O[C@@H](CO)[C@H](O)[C@H](O)[C@@H]3O)cc2)coc2cc(O[C@@H]3O[C@H](CO)[C@@H](O)[C@H](O)[C@H]3O)ccc12. The summed E-state index contributed by atoms with van der Waals surface area (Å²) >= 11 is 0. The number of hydrogen-bond donors (Lipinski definition) is 8. The van der Waals surface area contributed by atoms with Gasteiger partial charge in [0.15, 0.2) is 5.43 Å². The molecule has 14 nitrogen and oxygen atoms in total. The van der Waals surface area contributed by atoms with Gasteiger partial charge in [0.2, 0.25) is 12.6 Å². The van der Waals surface area contributed by atoms with Crippen LogP contribution in [0.3, 0.4) is 0 Å². The summed E-state index contributed by atoms with van der Waals surface area (Å²) in [5, 5.41) is 79.0. The highest BCUT2D eigenvalue weighted by Crippen LogP contribution is 2.29. The highest BCUT2D eigenvalue weighted by atomic mass is 16.7. The number of ether oxygens (including phenoxy) is 4. The molecule has 3 heterocycles. The molecule has 5 rings (SSSR count). The molecular weight excluding hydrogens is 548 g/mol. The minimum Gasteiger partial charge on any atom is -0.463 e. The van der Waals surface area contributed by atoms with E-state index < -0.39 is 74.6 Å². The van der Waals surface area contributed by atoms with E-state index in [9.17, 15) is 45.6 Å². The maximum Gasteiger partial charge on any atom is 0.229 e. The Morgan fingerprint density at radius 3 is 1.71 bits per heavy atom. The van der Waals surface area contributed by atoms with Gasteiger partial charge < -0.3 is 64.2 Å². The van der Waals surface area contributed by atoms with Crippen molar-refractivity contribution in [3.63, 3.8) is 0 Å². The van der Waals surface area contributed by atoms with Crippen LogP contribution in [0, 0.1) is 0 Å². The highest BCUT2D eigenvalue weighted by molar-refractivity contribution is 5.82. The van der Waals surface area contributed by atoms with E-state index >= 15 is 0 Å². The van der Waals surface area contributed by atoms with E-state index in [1.807, 2.05) is 0 Å². The maximum absolute atomic E-state index is 13.2. The van der Waals surface area contributed by atoms with Crippen LogP contribution in [-0.2, 0) is 9.47 Å². The first-order valence-corrected chi connectivity index (χ1v) is 12.7. The van der Waals surface area contributed by atoms with Crippen molar-refractivity contribution in [1.29, 1.82) is 0 Å². The number of hydrogen-bond acceptors (Lipinski definition) is 14. The van der Waals surface area contributed by atoms with Gasteiger partial charge >= 0.3 is 0 Å². The van der Waals surface area contributed by atoms with Gasteiger partial charge in [-0.2, -0.15) is 0 Å². The van der Waals surface area contributed by atoms with E-state index in [0.29, 0.717) is 5.56 Å². The fourth-order valence-electron chi connectivity index (χ4n) is 4.69. The van der Waals surface area contributed by atoms with Crippen molar-refractivity contribution in [3.8, 4) is 22.6 Å². The summed E-state index contributed by atoms with van der Waals surface area (Å²) in [7, 11) is 0. The largest absolute Gasteiger partial charge is 0.463 e. The van der Waals surface area contributed by atoms with Crippen molar-refractivity contribution in [1.82, 2.24) is 0 Å². The lowest BCUT2D eigenvalue weighted by Gasteiger charge is -2.39. The van der Waals surface area contributed by atoms with Gasteiger partial charge in [-0.15, -0.1) is 0 Å². The third-order valence-electron chi connectivity index (χ3n) is 7.11. The van der Waals surface area contributed by atoms with Crippen molar-refractivity contribution >= 4 is 11.0 Å². The normalized spacial score (nSPS) is 34.0. The second kappa shape index (κ2) is 12.0. The van der Waals surface area contributed by atoms with Gasteiger partial charge in [-0.1, -0.05) is 12.1 Å². The Balaban J connectivity index is 1.31. The van der Waals surface area contributed by atoms with Gasteiger partial charge in [-0.3, -0.25) is 4.79 Å². The number of aliphatic hydroxyl groups excluding tert-OH is 8. The molecule has 2 aromatic carbocycles. The topological polar surface area (TPSA) is 229 Å². The quantitative estimate of drug-likeness (QED) is 0.149. The zero-order valence-electron chi connectivity index (χ0n) is 21.3. The minimum atomic E-state index is -1.61. The molecule has 0 spiro atoms. The van der Waals surface area contributed by atoms with E-state index in [4.69, 9.17) is 23.4 Å². The Labute approximate surface area is 231 Å². The molecule has 0 unspecified atom stereocenters. The van der Waals surface area contributed by atoms with Gasteiger partial charge in [0, 0.05) is 6.07 Å². The molecule has 2 aliphatic heterocycles. The lowest BCUT2D eigenvalue weighted by Crippen LogP contribution is -2.60. The van der Waals surface area contributed by atoms with Crippen molar-refractivity contribution in [2.45, 2.75) is 61.4 Å². The molecule has 2 aliphatic rings. The molecule has 2 fully saturated rings. The molecule has 14 heteroatoms. The second-order valence-corrected chi connectivity index (χ2v) is 9.79. The molecule has 0 radical (unpaired) electrons. The molecule has 10 atom stereocenters. The third-order valence-corrected chi connectivity index (χ3v) is 7.11. The Kier molecular flexibility index (Phi) is 8.58. The minimum absolute atomic E-state index is 0.132. The van der Waals surface area contributed by atoms with E-state index in [2.05, 4.69) is 0 Å². The Morgan fingerprint density at radius 1 is 0.659 bits per heavy atom. The zero-order valence-corrected chi connectivity index (χ0v) is 21.3. The van der Waals surface area contributed by atoms with Crippen LogP contribution in [0.4, 0.5) is 0 Å². The predicted octanol–water partition coefficient (Wildman–Crippen LogP) is -2.18. The second-order valence-electron chi connectivity index (χ2n) is 9.79. The van der Waals surface area contributed by atoms with Gasteiger partial charge in [-0.25, -0.2) is 0 Å². The summed E-state index contributed by atoms with van der Waals surface area (Å²) in [6.45, 7) is -1.20. The van der Waals surface area contributed by atoms with Gasteiger partial charge in [0.05, 0.1) is 24.2 Å². The molecule has 222 valence electrons. The maximum atomic E-state index is 13.2. The molecule has 2 saturated heterocycles. The van der Waals surface area contributed by atoms with Crippen LogP contribution >= 0.6 is 0 Å².